The van der Waals surface area contributed by atoms with Gasteiger partial charge in [0.25, 0.3) is 0 Å². The standard InChI is InChI=1S/C15H15N/c1-10-2-6-14-11(8-10)3-4-12-9-13(16)5-7-15(12)14/h2,5-9H,3-4,16H2,1H3. The molecular weight excluding hydrogens is 194 g/mol. The molecular formula is C15H15N. The van der Waals surface area contributed by atoms with Crippen molar-refractivity contribution in [3.05, 3.63) is 53.1 Å². The molecule has 0 aromatic heterocycles. The highest BCUT2D eigenvalue weighted by Crippen LogP contribution is 2.34. The molecule has 0 radical (unpaired) electrons. The third-order valence-corrected chi connectivity index (χ3v) is 3.34. The second-order valence-electron chi connectivity index (χ2n) is 4.58. The molecule has 0 heterocycles. The van der Waals surface area contributed by atoms with E-state index >= 15 is 0 Å². The van der Waals surface area contributed by atoms with Gasteiger partial charge in [0.15, 0.2) is 0 Å². The molecule has 0 saturated heterocycles. The Morgan fingerprint density at radius 3 is 2.25 bits per heavy atom. The van der Waals surface area contributed by atoms with Gasteiger partial charge >= 0.3 is 0 Å². The van der Waals surface area contributed by atoms with Crippen LogP contribution in [0, 0.1) is 6.92 Å². The van der Waals surface area contributed by atoms with Gasteiger partial charge in [-0.15, -0.1) is 0 Å². The van der Waals surface area contributed by atoms with Crippen LogP contribution in [0.25, 0.3) is 11.1 Å². The van der Waals surface area contributed by atoms with Crippen LogP contribution in [0.15, 0.2) is 36.4 Å². The van der Waals surface area contributed by atoms with Crippen LogP contribution in [0.5, 0.6) is 0 Å². The van der Waals surface area contributed by atoms with Crippen molar-refractivity contribution < 1.29 is 0 Å². The van der Waals surface area contributed by atoms with Gasteiger partial charge in [-0.05, 0) is 54.2 Å². The van der Waals surface area contributed by atoms with E-state index in [4.69, 9.17) is 5.73 Å². The second kappa shape index (κ2) is 3.38. The van der Waals surface area contributed by atoms with Crippen LogP contribution in [0.4, 0.5) is 5.69 Å². The molecule has 0 amide bonds. The Hall–Kier alpha value is -1.76. The van der Waals surface area contributed by atoms with Crippen molar-refractivity contribution in [3.63, 3.8) is 0 Å². The summed E-state index contributed by atoms with van der Waals surface area (Å²) in [5.74, 6) is 0. The number of anilines is 1. The summed E-state index contributed by atoms with van der Waals surface area (Å²) in [7, 11) is 0. The fraction of sp³-hybridized carbons (Fsp3) is 0.200. The lowest BCUT2D eigenvalue weighted by Gasteiger charge is -2.20. The fourth-order valence-corrected chi connectivity index (χ4v) is 2.54. The van der Waals surface area contributed by atoms with Crippen molar-refractivity contribution in [2.45, 2.75) is 19.8 Å². The van der Waals surface area contributed by atoms with Crippen LogP contribution in [0.1, 0.15) is 16.7 Å². The maximum absolute atomic E-state index is 5.83. The van der Waals surface area contributed by atoms with Crippen LogP contribution in [-0.4, -0.2) is 0 Å². The van der Waals surface area contributed by atoms with Crippen LogP contribution in [0.3, 0.4) is 0 Å². The van der Waals surface area contributed by atoms with Crippen molar-refractivity contribution in [1.82, 2.24) is 0 Å². The van der Waals surface area contributed by atoms with Gasteiger partial charge in [-0.2, -0.15) is 0 Å². The molecule has 3 rings (SSSR count). The predicted molar refractivity (Wildman–Crippen MR) is 68.4 cm³/mol. The second-order valence-corrected chi connectivity index (χ2v) is 4.58. The molecule has 16 heavy (non-hydrogen) atoms. The van der Waals surface area contributed by atoms with Gasteiger partial charge < -0.3 is 5.73 Å². The molecule has 0 atom stereocenters. The van der Waals surface area contributed by atoms with Crippen LogP contribution >= 0.6 is 0 Å². The lowest BCUT2D eigenvalue weighted by Crippen LogP contribution is -2.04. The topological polar surface area (TPSA) is 26.0 Å². The largest absolute Gasteiger partial charge is 0.399 e. The zero-order valence-corrected chi connectivity index (χ0v) is 9.46. The van der Waals surface area contributed by atoms with E-state index in [1.807, 2.05) is 6.07 Å². The van der Waals surface area contributed by atoms with Crippen molar-refractivity contribution in [3.8, 4) is 11.1 Å². The minimum atomic E-state index is 0.870. The summed E-state index contributed by atoms with van der Waals surface area (Å²) < 4.78 is 0. The van der Waals surface area contributed by atoms with E-state index < -0.39 is 0 Å². The molecule has 0 spiro atoms. The highest BCUT2D eigenvalue weighted by Gasteiger charge is 2.15. The average Bonchev–Trinajstić information content (AvgIpc) is 2.28. The maximum atomic E-state index is 5.83. The Kier molecular flexibility index (Phi) is 2.00. The molecule has 0 bridgehead atoms. The van der Waals surface area contributed by atoms with E-state index in [9.17, 15) is 0 Å². The number of hydrogen-bond acceptors (Lipinski definition) is 1. The molecule has 1 aliphatic carbocycles. The number of nitrogen functional groups attached to an aromatic ring is 1. The molecule has 80 valence electrons. The van der Waals surface area contributed by atoms with E-state index in [2.05, 4.69) is 37.3 Å². The van der Waals surface area contributed by atoms with E-state index in [0.29, 0.717) is 0 Å². The van der Waals surface area contributed by atoms with E-state index in [0.717, 1.165) is 18.5 Å². The van der Waals surface area contributed by atoms with Crippen molar-refractivity contribution in [2.75, 3.05) is 5.73 Å². The quantitative estimate of drug-likeness (QED) is 0.662. The van der Waals surface area contributed by atoms with E-state index in [-0.39, 0.29) is 0 Å². The monoisotopic (exact) mass is 209 g/mol. The zero-order chi connectivity index (χ0) is 11.1. The number of aryl methyl sites for hydroxylation is 3. The molecule has 0 fully saturated rings. The predicted octanol–water partition coefficient (Wildman–Crippen LogP) is 3.34. The van der Waals surface area contributed by atoms with Crippen LogP contribution in [0.2, 0.25) is 0 Å². The van der Waals surface area contributed by atoms with Gasteiger partial charge in [0.1, 0.15) is 0 Å². The lowest BCUT2D eigenvalue weighted by molar-refractivity contribution is 0.940. The summed E-state index contributed by atoms with van der Waals surface area (Å²) in [4.78, 5) is 0. The molecule has 0 saturated carbocycles. The smallest absolute Gasteiger partial charge is 0.0317 e. The molecule has 0 unspecified atom stereocenters. The van der Waals surface area contributed by atoms with Gasteiger partial charge in [0.05, 0.1) is 0 Å². The zero-order valence-electron chi connectivity index (χ0n) is 9.46. The first-order valence-corrected chi connectivity index (χ1v) is 5.72. The first kappa shape index (κ1) is 9.46. The van der Waals surface area contributed by atoms with Crippen molar-refractivity contribution in [2.24, 2.45) is 0 Å². The van der Waals surface area contributed by atoms with Gasteiger partial charge in [0, 0.05) is 5.69 Å². The SMILES string of the molecule is Cc1ccc2c(c1)CCc1cc(N)ccc1-2. The Morgan fingerprint density at radius 1 is 0.875 bits per heavy atom. The average molecular weight is 209 g/mol. The summed E-state index contributed by atoms with van der Waals surface area (Å²) in [6.45, 7) is 2.15. The minimum Gasteiger partial charge on any atom is -0.399 e. The Bertz CT molecular complexity index is 504. The summed E-state index contributed by atoms with van der Waals surface area (Å²) >= 11 is 0. The number of fused-ring (bicyclic) bond motifs is 3. The maximum Gasteiger partial charge on any atom is 0.0317 e. The molecule has 2 aromatic carbocycles. The normalized spacial score (nSPS) is 13.1. The molecule has 0 aliphatic heterocycles. The first-order chi connectivity index (χ1) is 7.74. The Morgan fingerprint density at radius 2 is 1.50 bits per heavy atom. The molecule has 2 N–H and O–H groups in total. The third kappa shape index (κ3) is 1.40. The van der Waals surface area contributed by atoms with Crippen LogP contribution < -0.4 is 5.73 Å². The summed E-state index contributed by atoms with van der Waals surface area (Å²) in [5, 5.41) is 0. The number of hydrogen-bond donors (Lipinski definition) is 1. The lowest BCUT2D eigenvalue weighted by atomic mass is 9.85. The molecule has 2 aromatic rings. The molecule has 1 aliphatic rings. The number of nitrogens with two attached hydrogens (primary N) is 1. The van der Waals surface area contributed by atoms with E-state index in [1.54, 1.807) is 0 Å². The highest BCUT2D eigenvalue weighted by molar-refractivity contribution is 5.75. The fourth-order valence-electron chi connectivity index (χ4n) is 2.54. The Balaban J connectivity index is 2.23. The number of rotatable bonds is 0. The van der Waals surface area contributed by atoms with Crippen molar-refractivity contribution in [1.29, 1.82) is 0 Å². The molecule has 1 heteroatoms. The highest BCUT2D eigenvalue weighted by atomic mass is 14.5. The third-order valence-electron chi connectivity index (χ3n) is 3.34. The first-order valence-electron chi connectivity index (χ1n) is 5.72. The van der Waals surface area contributed by atoms with Crippen molar-refractivity contribution >= 4 is 5.69 Å². The molecule has 1 nitrogen and oxygen atoms in total. The van der Waals surface area contributed by atoms with E-state index in [1.165, 1.54) is 27.8 Å². The minimum absolute atomic E-state index is 0.870. The van der Waals surface area contributed by atoms with Crippen LogP contribution in [-0.2, 0) is 12.8 Å². The Labute approximate surface area is 95.9 Å². The van der Waals surface area contributed by atoms with Gasteiger partial charge in [-0.25, -0.2) is 0 Å². The summed E-state index contributed by atoms with van der Waals surface area (Å²) in [5.41, 5.74) is 13.6. The summed E-state index contributed by atoms with van der Waals surface area (Å²) in [6.07, 6.45) is 2.24. The summed E-state index contributed by atoms with van der Waals surface area (Å²) in [6, 6.07) is 13.0. The van der Waals surface area contributed by atoms with Gasteiger partial charge in [0.2, 0.25) is 0 Å². The van der Waals surface area contributed by atoms with Gasteiger partial charge in [-0.3, -0.25) is 0 Å². The van der Waals surface area contributed by atoms with Gasteiger partial charge in [-0.1, -0.05) is 29.8 Å². The number of benzene rings is 2.